The molecular formula is C20H14N2O4S2. The van der Waals surface area contributed by atoms with Crippen LogP contribution in [0.3, 0.4) is 0 Å². The third kappa shape index (κ3) is 4.39. The number of carbonyl (C=O) groups excluding carboxylic acids is 1. The van der Waals surface area contributed by atoms with Crippen molar-refractivity contribution in [3.63, 3.8) is 0 Å². The second-order valence-corrected chi connectivity index (χ2v) is 7.43. The number of carboxylic acids is 1. The van der Waals surface area contributed by atoms with Gasteiger partial charge < -0.3 is 9.84 Å². The second-order valence-electron chi connectivity index (χ2n) is 5.76. The van der Waals surface area contributed by atoms with Crippen LogP contribution in [-0.4, -0.2) is 32.7 Å². The zero-order valence-electron chi connectivity index (χ0n) is 14.5. The zero-order chi connectivity index (χ0) is 20.1. The number of carbonyl (C=O) groups is 2. The number of ether oxygens (including phenoxy) is 1. The van der Waals surface area contributed by atoms with Gasteiger partial charge in [-0.05, 0) is 18.2 Å². The quantitative estimate of drug-likeness (QED) is 0.576. The van der Waals surface area contributed by atoms with Crippen molar-refractivity contribution >= 4 is 46.3 Å². The lowest BCUT2D eigenvalue weighted by Gasteiger charge is -2.11. The van der Waals surface area contributed by atoms with E-state index >= 15 is 0 Å². The molecule has 0 saturated carbocycles. The van der Waals surface area contributed by atoms with Gasteiger partial charge in [-0.1, -0.05) is 60.4 Å². The van der Waals surface area contributed by atoms with Crippen molar-refractivity contribution in [1.29, 1.82) is 5.26 Å². The minimum absolute atomic E-state index is 0.203. The molecule has 8 heteroatoms. The van der Waals surface area contributed by atoms with E-state index in [0.717, 1.165) is 22.2 Å². The molecule has 1 amide bonds. The predicted molar refractivity (Wildman–Crippen MR) is 109 cm³/mol. The second kappa shape index (κ2) is 8.69. The van der Waals surface area contributed by atoms with Crippen LogP contribution in [0.5, 0.6) is 5.75 Å². The molecule has 0 unspecified atom stereocenters. The number of nitrogens with zero attached hydrogens (tertiary/aromatic N) is 2. The number of para-hydroxylation sites is 1. The molecule has 0 aliphatic carbocycles. The number of rotatable bonds is 6. The van der Waals surface area contributed by atoms with Crippen molar-refractivity contribution in [3.8, 4) is 11.8 Å². The lowest BCUT2D eigenvalue weighted by atomic mass is 10.1. The molecule has 1 aliphatic rings. The summed E-state index contributed by atoms with van der Waals surface area (Å²) < 4.78 is 6.08. The Hall–Kier alpha value is -3.15. The van der Waals surface area contributed by atoms with E-state index in [1.165, 1.54) is 0 Å². The lowest BCUT2D eigenvalue weighted by molar-refractivity contribution is -0.140. The summed E-state index contributed by atoms with van der Waals surface area (Å²) in [5, 5.41) is 18.1. The minimum Gasteiger partial charge on any atom is -0.488 e. The first-order valence-electron chi connectivity index (χ1n) is 8.16. The molecular weight excluding hydrogens is 396 g/mol. The summed E-state index contributed by atoms with van der Waals surface area (Å²) >= 11 is 6.16. The average molecular weight is 410 g/mol. The Morgan fingerprint density at radius 2 is 1.96 bits per heavy atom. The van der Waals surface area contributed by atoms with Crippen molar-refractivity contribution in [2.45, 2.75) is 6.61 Å². The Labute approximate surface area is 171 Å². The number of nitriles is 1. The Morgan fingerprint density at radius 3 is 2.71 bits per heavy atom. The SMILES string of the molecule is N#Cc1ccccc1COc1ccccc1/C=C1/SC(=S)N(CC(=O)O)C1=O. The fourth-order valence-electron chi connectivity index (χ4n) is 2.55. The Morgan fingerprint density at radius 1 is 1.25 bits per heavy atom. The van der Waals surface area contributed by atoms with E-state index in [1.807, 2.05) is 12.1 Å². The van der Waals surface area contributed by atoms with Crippen LogP contribution in [0.4, 0.5) is 0 Å². The highest BCUT2D eigenvalue weighted by Crippen LogP contribution is 2.34. The smallest absolute Gasteiger partial charge is 0.323 e. The van der Waals surface area contributed by atoms with Gasteiger partial charge in [0.05, 0.1) is 16.5 Å². The summed E-state index contributed by atoms with van der Waals surface area (Å²) in [5.74, 6) is -1.03. The van der Waals surface area contributed by atoms with Crippen LogP contribution in [-0.2, 0) is 16.2 Å². The summed E-state index contributed by atoms with van der Waals surface area (Å²) in [6, 6.07) is 16.4. The molecule has 0 radical (unpaired) electrons. The van der Waals surface area contributed by atoms with Crippen molar-refractivity contribution in [2.75, 3.05) is 6.54 Å². The van der Waals surface area contributed by atoms with Gasteiger partial charge in [0.1, 0.15) is 23.2 Å². The number of amides is 1. The molecule has 0 aromatic heterocycles. The fourth-order valence-corrected chi connectivity index (χ4v) is 3.80. The van der Waals surface area contributed by atoms with Gasteiger partial charge in [0, 0.05) is 11.1 Å². The summed E-state index contributed by atoms with van der Waals surface area (Å²) in [4.78, 5) is 24.7. The van der Waals surface area contributed by atoms with E-state index in [-0.39, 0.29) is 10.9 Å². The number of carboxylic acid groups (broad SMARTS) is 1. The maximum Gasteiger partial charge on any atom is 0.323 e. The van der Waals surface area contributed by atoms with Gasteiger partial charge in [0.25, 0.3) is 5.91 Å². The number of hydrogen-bond donors (Lipinski definition) is 1. The first-order chi connectivity index (χ1) is 13.5. The Bertz CT molecular complexity index is 1030. The van der Waals surface area contributed by atoms with Crippen LogP contribution in [0.15, 0.2) is 53.4 Å². The maximum atomic E-state index is 12.4. The molecule has 0 bridgehead atoms. The van der Waals surface area contributed by atoms with Crippen molar-refractivity contribution in [1.82, 2.24) is 4.90 Å². The van der Waals surface area contributed by atoms with E-state index < -0.39 is 18.4 Å². The molecule has 0 spiro atoms. The maximum absolute atomic E-state index is 12.4. The highest BCUT2D eigenvalue weighted by atomic mass is 32.2. The third-order valence-corrected chi connectivity index (χ3v) is 5.27. The molecule has 1 saturated heterocycles. The van der Waals surface area contributed by atoms with Crippen molar-refractivity contribution in [3.05, 3.63) is 70.1 Å². The normalized spacial score (nSPS) is 15.0. The molecule has 1 fully saturated rings. The summed E-state index contributed by atoms with van der Waals surface area (Å²) in [7, 11) is 0. The molecule has 6 nitrogen and oxygen atoms in total. The predicted octanol–water partition coefficient (Wildman–Crippen LogP) is 3.42. The van der Waals surface area contributed by atoms with Crippen LogP contribution in [0.25, 0.3) is 6.08 Å². The first-order valence-corrected chi connectivity index (χ1v) is 9.39. The van der Waals surface area contributed by atoms with E-state index in [9.17, 15) is 14.9 Å². The average Bonchev–Trinajstić information content (AvgIpc) is 2.94. The fraction of sp³-hybridized carbons (Fsp3) is 0.100. The molecule has 1 aliphatic heterocycles. The van der Waals surface area contributed by atoms with Crippen molar-refractivity contribution < 1.29 is 19.4 Å². The zero-order valence-corrected chi connectivity index (χ0v) is 16.1. The van der Waals surface area contributed by atoms with Gasteiger partial charge in [-0.25, -0.2) is 0 Å². The minimum atomic E-state index is -1.13. The van der Waals surface area contributed by atoms with E-state index in [0.29, 0.717) is 21.8 Å². The van der Waals surface area contributed by atoms with E-state index in [1.54, 1.807) is 42.5 Å². The van der Waals surface area contributed by atoms with Gasteiger partial charge in [-0.2, -0.15) is 5.26 Å². The van der Waals surface area contributed by atoms with E-state index in [4.69, 9.17) is 22.1 Å². The monoisotopic (exact) mass is 410 g/mol. The first kappa shape index (κ1) is 19.6. The number of hydrogen-bond acceptors (Lipinski definition) is 6. The van der Waals surface area contributed by atoms with Crippen LogP contribution in [0.2, 0.25) is 0 Å². The van der Waals surface area contributed by atoms with Crippen molar-refractivity contribution in [2.24, 2.45) is 0 Å². The van der Waals surface area contributed by atoms with Gasteiger partial charge in [0.2, 0.25) is 0 Å². The van der Waals surface area contributed by atoms with Gasteiger partial charge in [-0.15, -0.1) is 0 Å². The Balaban J connectivity index is 1.82. The topological polar surface area (TPSA) is 90.6 Å². The number of aliphatic carboxylic acids is 1. The van der Waals surface area contributed by atoms with Gasteiger partial charge >= 0.3 is 5.97 Å². The van der Waals surface area contributed by atoms with E-state index in [2.05, 4.69) is 6.07 Å². The molecule has 2 aromatic carbocycles. The number of benzene rings is 2. The standard InChI is InChI=1S/C20H14N2O4S2/c21-10-14-6-1-2-7-15(14)12-26-16-8-4-3-5-13(16)9-17-19(25)22(11-18(23)24)20(27)28-17/h1-9H,11-12H2,(H,23,24)/b17-9+. The molecule has 3 rings (SSSR count). The molecule has 1 heterocycles. The summed E-state index contributed by atoms with van der Waals surface area (Å²) in [6.45, 7) is -0.264. The van der Waals surface area contributed by atoms with Crippen LogP contribution < -0.4 is 4.74 Å². The molecule has 28 heavy (non-hydrogen) atoms. The Kier molecular flexibility index (Phi) is 6.09. The summed E-state index contributed by atoms with van der Waals surface area (Å²) in [5.41, 5.74) is 1.95. The highest BCUT2D eigenvalue weighted by molar-refractivity contribution is 8.26. The molecule has 140 valence electrons. The number of thiocarbonyl (C=S) groups is 1. The number of thioether (sulfide) groups is 1. The van der Waals surface area contributed by atoms with Gasteiger partial charge in [-0.3, -0.25) is 14.5 Å². The molecule has 1 N–H and O–H groups in total. The highest BCUT2D eigenvalue weighted by Gasteiger charge is 2.33. The van der Waals surface area contributed by atoms with Gasteiger partial charge in [0.15, 0.2) is 0 Å². The molecule has 0 atom stereocenters. The van der Waals surface area contributed by atoms with Crippen LogP contribution >= 0.6 is 24.0 Å². The third-order valence-electron chi connectivity index (χ3n) is 3.89. The largest absolute Gasteiger partial charge is 0.488 e. The van der Waals surface area contributed by atoms with Crippen LogP contribution in [0, 0.1) is 11.3 Å². The molecule has 2 aromatic rings. The lowest BCUT2D eigenvalue weighted by Crippen LogP contribution is -2.33. The van der Waals surface area contributed by atoms with Crippen LogP contribution in [0.1, 0.15) is 16.7 Å². The summed E-state index contributed by atoms with van der Waals surface area (Å²) in [6.07, 6.45) is 1.63.